The lowest BCUT2D eigenvalue weighted by Gasteiger charge is -2.18. The molecule has 0 aromatic carbocycles. The first-order valence-electron chi connectivity index (χ1n) is 21.4. The van der Waals surface area contributed by atoms with Crippen LogP contribution < -0.4 is 0 Å². The molecule has 0 fully saturated rings. The first kappa shape index (κ1) is 51.1. The molecule has 49 heavy (non-hydrogen) atoms. The molecule has 0 rings (SSSR count). The van der Waals surface area contributed by atoms with E-state index in [1.54, 1.807) is 6.92 Å². The van der Waals surface area contributed by atoms with Crippen molar-refractivity contribution in [2.75, 3.05) is 33.0 Å². The Morgan fingerprint density at radius 2 is 0.694 bits per heavy atom. The number of phosphoric acid groups is 1. The standard InChI is InChI=1S/C39H81O6P.C2H6O/c1-3-5-7-9-11-13-15-17-19-21-23-25-27-29-31-33-35-43-37-39(38-45-46(40,41)42)44-36-34-32-30-28-26-24-22-20-18-16-14-12-10-8-6-4-2;1-2-3/h39H,3-38H2,1-2H3,(H2,40,41,42);3H,2H2,1H3. The normalized spacial score (nSPS) is 12.3. The average molecular weight is 723 g/mol. The fraction of sp³-hybridized carbons (Fsp3) is 1.00. The quantitative estimate of drug-likeness (QED) is 0.0427. The lowest BCUT2D eigenvalue weighted by molar-refractivity contribution is -0.0429. The van der Waals surface area contributed by atoms with Gasteiger partial charge in [-0.2, -0.15) is 0 Å². The minimum absolute atomic E-state index is 0.137. The first-order valence-corrected chi connectivity index (χ1v) is 22.9. The SMILES string of the molecule is CCCCCCCCCCCCCCCCCCOCC(COP(=O)(O)O)OCCCCCCCCCCCCCCCCCC.CCO. The number of ether oxygens (including phenoxy) is 2. The van der Waals surface area contributed by atoms with Crippen molar-refractivity contribution in [1.82, 2.24) is 0 Å². The number of aliphatic hydroxyl groups is 1. The molecule has 0 radical (unpaired) electrons. The molecule has 1 atom stereocenters. The van der Waals surface area contributed by atoms with Gasteiger partial charge in [0, 0.05) is 19.8 Å². The van der Waals surface area contributed by atoms with Gasteiger partial charge in [0.2, 0.25) is 0 Å². The van der Waals surface area contributed by atoms with E-state index in [2.05, 4.69) is 13.8 Å². The molecule has 0 aromatic heterocycles. The van der Waals surface area contributed by atoms with E-state index in [-0.39, 0.29) is 13.2 Å². The number of rotatable bonds is 40. The number of hydrogen-bond donors (Lipinski definition) is 3. The smallest absolute Gasteiger partial charge is 0.397 e. The fourth-order valence-electron chi connectivity index (χ4n) is 6.19. The van der Waals surface area contributed by atoms with E-state index in [4.69, 9.17) is 28.9 Å². The van der Waals surface area contributed by atoms with Gasteiger partial charge in [0.25, 0.3) is 0 Å². The number of unbranched alkanes of at least 4 members (excludes halogenated alkanes) is 30. The van der Waals surface area contributed by atoms with Crippen LogP contribution in [0.3, 0.4) is 0 Å². The summed E-state index contributed by atoms with van der Waals surface area (Å²) in [5.74, 6) is 0. The second kappa shape index (κ2) is 44.2. The Kier molecular flexibility index (Phi) is 46.0. The summed E-state index contributed by atoms with van der Waals surface area (Å²) in [4.78, 5) is 18.2. The van der Waals surface area contributed by atoms with Crippen LogP contribution in [0.1, 0.15) is 226 Å². The summed E-state index contributed by atoms with van der Waals surface area (Å²) in [7, 11) is -4.51. The van der Waals surface area contributed by atoms with Crippen LogP contribution in [-0.2, 0) is 18.6 Å². The number of aliphatic hydroxyl groups excluding tert-OH is 1. The van der Waals surface area contributed by atoms with Gasteiger partial charge in [-0.1, -0.05) is 206 Å². The maximum absolute atomic E-state index is 11.2. The predicted molar refractivity (Wildman–Crippen MR) is 210 cm³/mol. The largest absolute Gasteiger partial charge is 0.469 e. The second-order valence-electron chi connectivity index (χ2n) is 14.3. The van der Waals surface area contributed by atoms with E-state index in [9.17, 15) is 4.57 Å². The van der Waals surface area contributed by atoms with Crippen molar-refractivity contribution in [2.24, 2.45) is 0 Å². The maximum Gasteiger partial charge on any atom is 0.469 e. The average Bonchev–Trinajstić information content (AvgIpc) is 3.07. The lowest BCUT2D eigenvalue weighted by Crippen LogP contribution is -2.26. The van der Waals surface area contributed by atoms with E-state index in [0.717, 1.165) is 19.3 Å². The van der Waals surface area contributed by atoms with Crippen LogP contribution in [0.15, 0.2) is 0 Å². The van der Waals surface area contributed by atoms with Crippen LogP contribution >= 0.6 is 7.82 Å². The molecule has 0 aliphatic heterocycles. The zero-order valence-corrected chi connectivity index (χ0v) is 34.1. The Hall–Kier alpha value is -0.0100. The molecule has 0 aliphatic rings. The molecule has 298 valence electrons. The molecule has 0 aliphatic carbocycles. The predicted octanol–water partition coefficient (Wildman–Crippen LogP) is 13.0. The second-order valence-corrected chi connectivity index (χ2v) is 15.5. The van der Waals surface area contributed by atoms with Crippen molar-refractivity contribution in [2.45, 2.75) is 232 Å². The topological polar surface area (TPSA) is 105 Å². The van der Waals surface area contributed by atoms with Gasteiger partial charge in [0.05, 0.1) is 13.2 Å². The highest BCUT2D eigenvalue weighted by Crippen LogP contribution is 2.35. The van der Waals surface area contributed by atoms with Crippen LogP contribution in [0.5, 0.6) is 0 Å². The molecule has 7 nitrogen and oxygen atoms in total. The van der Waals surface area contributed by atoms with Crippen molar-refractivity contribution in [1.29, 1.82) is 0 Å². The van der Waals surface area contributed by atoms with Gasteiger partial charge in [0.15, 0.2) is 0 Å². The van der Waals surface area contributed by atoms with Gasteiger partial charge < -0.3 is 24.4 Å². The van der Waals surface area contributed by atoms with Crippen LogP contribution in [0, 0.1) is 0 Å². The van der Waals surface area contributed by atoms with Crippen LogP contribution in [0.2, 0.25) is 0 Å². The Balaban J connectivity index is 0. The Labute approximate surface area is 306 Å². The number of hydrogen-bond acceptors (Lipinski definition) is 5. The highest BCUT2D eigenvalue weighted by molar-refractivity contribution is 7.46. The van der Waals surface area contributed by atoms with Crippen molar-refractivity contribution in [3.63, 3.8) is 0 Å². The van der Waals surface area contributed by atoms with Gasteiger partial charge in [-0.3, -0.25) is 4.52 Å². The van der Waals surface area contributed by atoms with Crippen LogP contribution in [0.25, 0.3) is 0 Å². The highest BCUT2D eigenvalue weighted by atomic mass is 31.2. The van der Waals surface area contributed by atoms with Gasteiger partial charge in [0.1, 0.15) is 6.10 Å². The summed E-state index contributed by atoms with van der Waals surface area (Å²) < 4.78 is 27.6. The highest BCUT2D eigenvalue weighted by Gasteiger charge is 2.19. The van der Waals surface area contributed by atoms with Crippen molar-refractivity contribution >= 4 is 7.82 Å². The van der Waals surface area contributed by atoms with E-state index in [1.165, 1.54) is 186 Å². The minimum atomic E-state index is -4.51. The van der Waals surface area contributed by atoms with Gasteiger partial charge in [-0.25, -0.2) is 4.57 Å². The molecule has 1 unspecified atom stereocenters. The van der Waals surface area contributed by atoms with Crippen molar-refractivity contribution in [3.8, 4) is 0 Å². The Morgan fingerprint density at radius 3 is 0.980 bits per heavy atom. The molecule has 0 heterocycles. The van der Waals surface area contributed by atoms with E-state index in [1.807, 2.05) is 0 Å². The summed E-state index contributed by atoms with van der Waals surface area (Å²) in [6, 6.07) is 0. The van der Waals surface area contributed by atoms with Crippen molar-refractivity contribution < 1.29 is 33.5 Å². The molecule has 0 amide bonds. The first-order chi connectivity index (χ1) is 23.9. The summed E-state index contributed by atoms with van der Waals surface area (Å²) in [5, 5.41) is 7.57. The molecular formula is C41H87O7P. The number of phosphoric ester groups is 1. The van der Waals surface area contributed by atoms with E-state index in [0.29, 0.717) is 19.8 Å². The monoisotopic (exact) mass is 723 g/mol. The van der Waals surface area contributed by atoms with Gasteiger partial charge in [-0.15, -0.1) is 0 Å². The third kappa shape index (κ3) is 50.1. The van der Waals surface area contributed by atoms with Crippen LogP contribution in [0.4, 0.5) is 0 Å². The molecule has 3 N–H and O–H groups in total. The molecule has 0 saturated carbocycles. The lowest BCUT2D eigenvalue weighted by atomic mass is 10.0. The third-order valence-electron chi connectivity index (χ3n) is 9.23. The van der Waals surface area contributed by atoms with Crippen LogP contribution in [-0.4, -0.2) is 54.0 Å². The minimum Gasteiger partial charge on any atom is -0.397 e. The van der Waals surface area contributed by atoms with Crippen molar-refractivity contribution in [3.05, 3.63) is 0 Å². The van der Waals surface area contributed by atoms with E-state index >= 15 is 0 Å². The zero-order chi connectivity index (χ0) is 36.4. The van der Waals surface area contributed by atoms with Gasteiger partial charge >= 0.3 is 7.82 Å². The molecule has 0 aromatic rings. The molecule has 0 spiro atoms. The molecular weight excluding hydrogens is 635 g/mol. The Morgan fingerprint density at radius 1 is 0.429 bits per heavy atom. The summed E-state index contributed by atoms with van der Waals surface area (Å²) in [6.45, 7) is 7.91. The molecule has 0 bridgehead atoms. The molecule has 8 heteroatoms. The summed E-state index contributed by atoms with van der Waals surface area (Å²) >= 11 is 0. The summed E-state index contributed by atoms with van der Waals surface area (Å²) in [5.41, 5.74) is 0. The summed E-state index contributed by atoms with van der Waals surface area (Å²) in [6.07, 6.45) is 42.3. The van der Waals surface area contributed by atoms with Gasteiger partial charge in [-0.05, 0) is 19.8 Å². The molecule has 0 saturated heterocycles. The van der Waals surface area contributed by atoms with E-state index < -0.39 is 13.9 Å². The maximum atomic E-state index is 11.2. The Bertz CT molecular complexity index is 631. The zero-order valence-electron chi connectivity index (χ0n) is 33.2. The third-order valence-corrected chi connectivity index (χ3v) is 9.71. The fourth-order valence-corrected chi connectivity index (χ4v) is 6.55.